The molecule has 1 rings (SSSR count). The number of carbonyl (C=O) groups is 2. The van der Waals surface area contributed by atoms with Crippen LogP contribution < -0.4 is 11.1 Å². The van der Waals surface area contributed by atoms with Crippen molar-refractivity contribution < 1.29 is 14.3 Å². The Morgan fingerprint density at radius 2 is 2.19 bits per heavy atom. The summed E-state index contributed by atoms with van der Waals surface area (Å²) < 4.78 is 5.77. The van der Waals surface area contributed by atoms with E-state index in [1.807, 2.05) is 0 Å². The van der Waals surface area contributed by atoms with Gasteiger partial charge in [0, 0.05) is 7.05 Å². The monoisotopic (exact) mass is 226 g/mol. The molecular formula is C9H14N4O3. The summed E-state index contributed by atoms with van der Waals surface area (Å²) in [7, 11) is 2.85. The van der Waals surface area contributed by atoms with Crippen molar-refractivity contribution in [1.29, 1.82) is 0 Å². The molecule has 1 aromatic rings. The number of methoxy groups -OCH3 is 1. The molecule has 0 fully saturated rings. The molecule has 0 saturated carbocycles. The maximum absolute atomic E-state index is 11.7. The molecule has 0 aromatic carbocycles. The van der Waals surface area contributed by atoms with Crippen LogP contribution in [0.5, 0.6) is 0 Å². The second kappa shape index (κ2) is 4.65. The first kappa shape index (κ1) is 12.0. The summed E-state index contributed by atoms with van der Waals surface area (Å²) >= 11 is 0. The van der Waals surface area contributed by atoms with Gasteiger partial charge in [-0.15, -0.1) is 0 Å². The maximum atomic E-state index is 11.7. The molecule has 7 heteroatoms. The molecule has 0 spiro atoms. The Morgan fingerprint density at radius 1 is 1.56 bits per heavy atom. The van der Waals surface area contributed by atoms with Crippen molar-refractivity contribution in [3.8, 4) is 0 Å². The lowest BCUT2D eigenvalue weighted by Gasteiger charge is -2.04. The standard InChI is InChI=1S/C9H14N4O3/c1-5-7(10)8(13(2)12-5)9(15)11-4-6(14)16-3/h4,10H2,1-3H3,(H,11,15). The molecule has 0 aliphatic carbocycles. The van der Waals surface area contributed by atoms with Crippen molar-refractivity contribution in [2.75, 3.05) is 19.4 Å². The smallest absolute Gasteiger partial charge is 0.325 e. The topological polar surface area (TPSA) is 99.2 Å². The van der Waals surface area contributed by atoms with Gasteiger partial charge in [0.15, 0.2) is 0 Å². The Labute approximate surface area is 92.6 Å². The van der Waals surface area contributed by atoms with Crippen LogP contribution in [0.1, 0.15) is 16.2 Å². The van der Waals surface area contributed by atoms with Crippen LogP contribution in [0, 0.1) is 6.92 Å². The predicted octanol–water partition coefficient (Wildman–Crippen LogP) is -0.786. The van der Waals surface area contributed by atoms with Gasteiger partial charge in [-0.25, -0.2) is 0 Å². The molecule has 0 atom stereocenters. The summed E-state index contributed by atoms with van der Waals surface area (Å²) in [6.07, 6.45) is 0. The molecule has 0 unspecified atom stereocenters. The van der Waals surface area contributed by atoms with Crippen LogP contribution in [-0.4, -0.2) is 35.3 Å². The number of nitrogens with zero attached hydrogens (tertiary/aromatic N) is 2. The van der Waals surface area contributed by atoms with Gasteiger partial charge in [0.2, 0.25) is 0 Å². The van der Waals surface area contributed by atoms with Crippen LogP contribution in [0.15, 0.2) is 0 Å². The molecule has 0 radical (unpaired) electrons. The molecule has 1 aromatic heterocycles. The molecule has 0 bridgehead atoms. The largest absolute Gasteiger partial charge is 0.468 e. The zero-order valence-electron chi connectivity index (χ0n) is 9.40. The van der Waals surface area contributed by atoms with Crippen molar-refractivity contribution in [3.63, 3.8) is 0 Å². The minimum absolute atomic E-state index is 0.195. The van der Waals surface area contributed by atoms with E-state index in [1.165, 1.54) is 11.8 Å². The zero-order valence-corrected chi connectivity index (χ0v) is 9.40. The number of anilines is 1. The van der Waals surface area contributed by atoms with Crippen molar-refractivity contribution in [3.05, 3.63) is 11.4 Å². The highest BCUT2D eigenvalue weighted by atomic mass is 16.5. The van der Waals surface area contributed by atoms with Gasteiger partial charge in [-0.2, -0.15) is 5.10 Å². The summed E-state index contributed by atoms with van der Waals surface area (Å²) in [5, 5.41) is 6.38. The van der Waals surface area contributed by atoms with E-state index in [9.17, 15) is 9.59 Å². The molecule has 0 aliphatic rings. The van der Waals surface area contributed by atoms with Crippen LogP contribution in [0.25, 0.3) is 0 Å². The lowest BCUT2D eigenvalue weighted by molar-refractivity contribution is -0.139. The van der Waals surface area contributed by atoms with Gasteiger partial charge in [0.25, 0.3) is 5.91 Å². The van der Waals surface area contributed by atoms with E-state index in [-0.39, 0.29) is 12.2 Å². The quantitative estimate of drug-likeness (QED) is 0.658. The number of hydrogen-bond acceptors (Lipinski definition) is 5. The zero-order chi connectivity index (χ0) is 12.3. The fourth-order valence-corrected chi connectivity index (χ4v) is 1.25. The Balaban J connectivity index is 2.77. The van der Waals surface area contributed by atoms with E-state index in [0.29, 0.717) is 11.4 Å². The van der Waals surface area contributed by atoms with Crippen molar-refractivity contribution in [2.45, 2.75) is 6.92 Å². The average Bonchev–Trinajstić information content (AvgIpc) is 2.49. The number of ether oxygens (including phenoxy) is 1. The lowest BCUT2D eigenvalue weighted by atomic mass is 10.3. The number of hydrogen-bond donors (Lipinski definition) is 2. The lowest BCUT2D eigenvalue weighted by Crippen LogP contribution is -2.31. The highest BCUT2D eigenvalue weighted by Crippen LogP contribution is 2.14. The first-order chi connectivity index (χ1) is 7.47. The third kappa shape index (κ3) is 2.30. The van der Waals surface area contributed by atoms with E-state index in [2.05, 4.69) is 15.2 Å². The van der Waals surface area contributed by atoms with Crippen LogP contribution in [0.3, 0.4) is 0 Å². The number of amides is 1. The highest BCUT2D eigenvalue weighted by molar-refractivity contribution is 5.99. The number of aromatic nitrogens is 2. The SMILES string of the molecule is COC(=O)CNC(=O)c1c(N)c(C)nn1C. The van der Waals surface area contributed by atoms with Crippen LogP contribution in [0.4, 0.5) is 5.69 Å². The van der Waals surface area contributed by atoms with Crippen LogP contribution in [0.2, 0.25) is 0 Å². The van der Waals surface area contributed by atoms with Gasteiger partial charge < -0.3 is 15.8 Å². The van der Waals surface area contributed by atoms with E-state index in [0.717, 1.165) is 0 Å². The molecule has 0 saturated heterocycles. The third-order valence-corrected chi connectivity index (χ3v) is 2.10. The van der Waals surface area contributed by atoms with Crippen molar-refractivity contribution in [1.82, 2.24) is 15.1 Å². The molecule has 16 heavy (non-hydrogen) atoms. The molecule has 7 nitrogen and oxygen atoms in total. The third-order valence-electron chi connectivity index (χ3n) is 2.10. The van der Waals surface area contributed by atoms with Gasteiger partial charge >= 0.3 is 5.97 Å². The second-order valence-corrected chi connectivity index (χ2v) is 3.23. The summed E-state index contributed by atoms with van der Waals surface area (Å²) in [6.45, 7) is 1.51. The summed E-state index contributed by atoms with van der Waals surface area (Å²) in [4.78, 5) is 22.5. The van der Waals surface area contributed by atoms with Crippen molar-refractivity contribution >= 4 is 17.6 Å². The number of nitrogens with one attached hydrogen (secondary N) is 1. The van der Waals surface area contributed by atoms with Gasteiger partial charge in [-0.1, -0.05) is 0 Å². The van der Waals surface area contributed by atoms with Crippen molar-refractivity contribution in [2.24, 2.45) is 7.05 Å². The Hall–Kier alpha value is -2.05. The fraction of sp³-hybridized carbons (Fsp3) is 0.444. The molecule has 0 aliphatic heterocycles. The number of carbonyl (C=O) groups excluding carboxylic acids is 2. The van der Waals surface area contributed by atoms with E-state index in [1.54, 1.807) is 14.0 Å². The van der Waals surface area contributed by atoms with Gasteiger partial charge in [-0.05, 0) is 6.92 Å². The maximum Gasteiger partial charge on any atom is 0.325 e. The average molecular weight is 226 g/mol. The number of nitrogens with two attached hydrogens (primary N) is 1. The second-order valence-electron chi connectivity index (χ2n) is 3.23. The van der Waals surface area contributed by atoms with E-state index < -0.39 is 11.9 Å². The summed E-state index contributed by atoms with van der Waals surface area (Å²) in [5.41, 5.74) is 6.81. The molecule has 1 heterocycles. The summed E-state index contributed by atoms with van der Waals surface area (Å²) in [5.74, 6) is -0.975. The van der Waals surface area contributed by atoms with E-state index >= 15 is 0 Å². The molecule has 1 amide bonds. The predicted molar refractivity (Wildman–Crippen MR) is 56.7 cm³/mol. The molecule has 3 N–H and O–H groups in total. The Kier molecular flexibility index (Phi) is 3.49. The summed E-state index contributed by atoms with van der Waals surface area (Å²) in [6, 6.07) is 0. The Morgan fingerprint density at radius 3 is 2.62 bits per heavy atom. The number of aryl methyl sites for hydroxylation is 2. The van der Waals surface area contributed by atoms with E-state index in [4.69, 9.17) is 5.73 Å². The number of rotatable bonds is 3. The van der Waals surface area contributed by atoms with Crippen LogP contribution >= 0.6 is 0 Å². The number of esters is 1. The fourth-order valence-electron chi connectivity index (χ4n) is 1.25. The highest BCUT2D eigenvalue weighted by Gasteiger charge is 2.18. The van der Waals surface area contributed by atoms with Gasteiger partial charge in [-0.3, -0.25) is 14.3 Å². The minimum Gasteiger partial charge on any atom is -0.468 e. The number of nitrogen functional groups attached to an aromatic ring is 1. The minimum atomic E-state index is -0.522. The van der Waals surface area contributed by atoms with Gasteiger partial charge in [0.05, 0.1) is 18.5 Å². The normalized spacial score (nSPS) is 9.94. The Bertz CT molecular complexity index is 425. The first-order valence-corrected chi connectivity index (χ1v) is 4.61. The molecular weight excluding hydrogens is 212 g/mol. The molecule has 88 valence electrons. The first-order valence-electron chi connectivity index (χ1n) is 4.61. The van der Waals surface area contributed by atoms with Gasteiger partial charge in [0.1, 0.15) is 12.2 Å². The van der Waals surface area contributed by atoms with Crippen LogP contribution in [-0.2, 0) is 16.6 Å².